The molecule has 0 saturated carbocycles. The zero-order valence-electron chi connectivity index (χ0n) is 14.9. The van der Waals surface area contributed by atoms with Crippen LogP contribution in [0, 0.1) is 5.82 Å². The van der Waals surface area contributed by atoms with Crippen LogP contribution in [0.1, 0.15) is 21.1 Å². The Hall–Kier alpha value is -3.27. The minimum absolute atomic E-state index is 0.178. The molecule has 1 aliphatic rings. The van der Waals surface area contributed by atoms with Crippen LogP contribution in [0.5, 0.6) is 0 Å². The molecule has 0 radical (unpaired) electrons. The molecular formula is C18H16FN5O3S. The second-order valence-corrected chi connectivity index (χ2v) is 7.24. The molecular weight excluding hydrogens is 385 g/mol. The molecule has 2 N–H and O–H groups in total. The zero-order valence-corrected chi connectivity index (χ0v) is 15.7. The number of hydrogen-bond donors (Lipinski definition) is 2. The smallest absolute Gasteiger partial charge is 0.413 e. The van der Waals surface area contributed by atoms with Gasteiger partial charge in [-0.2, -0.15) is 5.10 Å². The fourth-order valence-electron chi connectivity index (χ4n) is 2.93. The maximum atomic E-state index is 13.1. The molecule has 0 fully saturated rings. The number of thiazole rings is 1. The topological polar surface area (TPSA) is 100 Å². The third-order valence-corrected chi connectivity index (χ3v) is 5.36. The Morgan fingerprint density at radius 3 is 2.86 bits per heavy atom. The summed E-state index contributed by atoms with van der Waals surface area (Å²) in [7, 11) is 1.29. The maximum Gasteiger partial charge on any atom is 0.413 e. The molecule has 0 spiro atoms. The summed E-state index contributed by atoms with van der Waals surface area (Å²) < 4.78 is 17.6. The van der Waals surface area contributed by atoms with E-state index < -0.39 is 6.09 Å². The normalized spacial score (nSPS) is 13.1. The van der Waals surface area contributed by atoms with Crippen LogP contribution in [0.3, 0.4) is 0 Å². The molecule has 0 aliphatic carbocycles. The van der Waals surface area contributed by atoms with Crippen molar-refractivity contribution in [3.63, 3.8) is 0 Å². The van der Waals surface area contributed by atoms with Crippen molar-refractivity contribution in [2.45, 2.75) is 13.0 Å². The van der Waals surface area contributed by atoms with Gasteiger partial charge in [0.1, 0.15) is 11.5 Å². The highest BCUT2D eigenvalue weighted by atomic mass is 32.1. The predicted octanol–water partition coefficient (Wildman–Crippen LogP) is 3.05. The first-order chi connectivity index (χ1) is 13.5. The van der Waals surface area contributed by atoms with Gasteiger partial charge in [0.05, 0.1) is 25.0 Å². The molecule has 2 amide bonds. The van der Waals surface area contributed by atoms with E-state index in [1.54, 1.807) is 23.1 Å². The standard InChI is InChI=1S/C18H16FN5O3S/c1-27-18(26)21-17-20-12-6-7-24(9-15(12)28-17)16(25)14-8-13(22-23-14)10-2-4-11(19)5-3-10/h2-5,8H,6-7,9H2,1H3,(H,22,23)(H,20,21,26). The average Bonchev–Trinajstić information content (AvgIpc) is 3.34. The largest absolute Gasteiger partial charge is 0.453 e. The quantitative estimate of drug-likeness (QED) is 0.703. The second-order valence-electron chi connectivity index (χ2n) is 6.16. The molecule has 0 atom stereocenters. The van der Waals surface area contributed by atoms with Crippen molar-refractivity contribution in [1.29, 1.82) is 0 Å². The zero-order chi connectivity index (χ0) is 19.7. The Morgan fingerprint density at radius 2 is 2.11 bits per heavy atom. The van der Waals surface area contributed by atoms with Crippen molar-refractivity contribution in [2.75, 3.05) is 19.0 Å². The van der Waals surface area contributed by atoms with Gasteiger partial charge in [-0.05, 0) is 30.3 Å². The molecule has 4 rings (SSSR count). The third kappa shape index (κ3) is 3.58. The Balaban J connectivity index is 1.48. The molecule has 0 bridgehead atoms. The summed E-state index contributed by atoms with van der Waals surface area (Å²) >= 11 is 1.32. The Bertz CT molecular complexity index is 1030. The molecule has 3 heterocycles. The number of rotatable bonds is 3. The van der Waals surface area contributed by atoms with E-state index >= 15 is 0 Å². The van der Waals surface area contributed by atoms with Crippen LogP contribution in [0.15, 0.2) is 30.3 Å². The van der Waals surface area contributed by atoms with E-state index in [0.29, 0.717) is 36.0 Å². The van der Waals surface area contributed by atoms with Crippen LogP contribution in [0.4, 0.5) is 14.3 Å². The SMILES string of the molecule is COC(=O)Nc1nc2c(s1)CN(C(=O)c1cc(-c3ccc(F)cc3)n[nH]1)CC2. The van der Waals surface area contributed by atoms with Gasteiger partial charge < -0.3 is 9.64 Å². The van der Waals surface area contributed by atoms with Crippen molar-refractivity contribution < 1.29 is 18.7 Å². The summed E-state index contributed by atoms with van der Waals surface area (Å²) in [6.45, 7) is 0.914. The molecule has 1 aromatic carbocycles. The number of nitrogens with zero attached hydrogens (tertiary/aromatic N) is 3. The van der Waals surface area contributed by atoms with Gasteiger partial charge in [-0.15, -0.1) is 0 Å². The van der Waals surface area contributed by atoms with Crippen LogP contribution in [-0.2, 0) is 17.7 Å². The van der Waals surface area contributed by atoms with Crippen molar-refractivity contribution in [3.8, 4) is 11.3 Å². The lowest BCUT2D eigenvalue weighted by Crippen LogP contribution is -2.35. The number of aromatic nitrogens is 3. The number of carbonyl (C=O) groups is 2. The molecule has 3 aromatic rings. The van der Waals surface area contributed by atoms with Gasteiger partial charge in [-0.1, -0.05) is 11.3 Å². The van der Waals surface area contributed by atoms with Crippen molar-refractivity contribution in [3.05, 3.63) is 52.4 Å². The molecule has 0 unspecified atom stereocenters. The summed E-state index contributed by atoms with van der Waals surface area (Å²) in [5, 5.41) is 9.91. The highest BCUT2D eigenvalue weighted by Gasteiger charge is 2.26. The number of nitrogens with one attached hydrogen (secondary N) is 2. The number of halogens is 1. The molecule has 8 nitrogen and oxygen atoms in total. The predicted molar refractivity (Wildman–Crippen MR) is 101 cm³/mol. The van der Waals surface area contributed by atoms with E-state index in [2.05, 4.69) is 25.2 Å². The number of H-pyrrole nitrogens is 1. The summed E-state index contributed by atoms with van der Waals surface area (Å²) in [5.74, 6) is -0.507. The summed E-state index contributed by atoms with van der Waals surface area (Å²) in [4.78, 5) is 31.1. The molecule has 10 heteroatoms. The molecule has 28 heavy (non-hydrogen) atoms. The first kappa shape index (κ1) is 18.1. The van der Waals surface area contributed by atoms with Crippen molar-refractivity contribution in [1.82, 2.24) is 20.1 Å². The van der Waals surface area contributed by atoms with Gasteiger partial charge in [0.2, 0.25) is 0 Å². The molecule has 0 saturated heterocycles. The van der Waals surface area contributed by atoms with Crippen LogP contribution in [0.25, 0.3) is 11.3 Å². The Morgan fingerprint density at radius 1 is 1.32 bits per heavy atom. The first-order valence-corrected chi connectivity index (χ1v) is 9.29. The van der Waals surface area contributed by atoms with E-state index in [1.807, 2.05) is 0 Å². The summed E-state index contributed by atoms with van der Waals surface area (Å²) in [5.41, 5.74) is 2.53. The van der Waals surface area contributed by atoms with Crippen LogP contribution in [-0.4, -0.2) is 45.7 Å². The van der Waals surface area contributed by atoms with Crippen molar-refractivity contribution >= 4 is 28.5 Å². The number of benzene rings is 1. The number of ether oxygens (including phenoxy) is 1. The van der Waals surface area contributed by atoms with Gasteiger partial charge >= 0.3 is 6.09 Å². The van der Waals surface area contributed by atoms with Crippen molar-refractivity contribution in [2.24, 2.45) is 0 Å². The number of hydrogen-bond acceptors (Lipinski definition) is 6. The highest BCUT2D eigenvalue weighted by molar-refractivity contribution is 7.15. The van der Waals surface area contributed by atoms with E-state index in [9.17, 15) is 14.0 Å². The fraction of sp³-hybridized carbons (Fsp3) is 0.222. The number of fused-ring (bicyclic) bond motifs is 1. The highest BCUT2D eigenvalue weighted by Crippen LogP contribution is 2.29. The van der Waals surface area contributed by atoms with E-state index in [4.69, 9.17) is 0 Å². The minimum Gasteiger partial charge on any atom is -0.453 e. The van der Waals surface area contributed by atoms with E-state index in [1.165, 1.54) is 30.6 Å². The van der Waals surface area contributed by atoms with Gasteiger partial charge in [0, 0.05) is 23.4 Å². The molecule has 2 aromatic heterocycles. The number of anilines is 1. The number of methoxy groups -OCH3 is 1. The monoisotopic (exact) mass is 401 g/mol. The number of aromatic amines is 1. The second kappa shape index (κ2) is 7.39. The maximum absolute atomic E-state index is 13.1. The van der Waals surface area contributed by atoms with Crippen LogP contribution >= 0.6 is 11.3 Å². The van der Waals surface area contributed by atoms with Gasteiger partial charge in [-0.25, -0.2) is 14.2 Å². The van der Waals surface area contributed by atoms with E-state index in [0.717, 1.165) is 16.1 Å². The fourth-order valence-corrected chi connectivity index (χ4v) is 3.94. The third-order valence-electron chi connectivity index (χ3n) is 4.36. The van der Waals surface area contributed by atoms with Gasteiger partial charge in [0.25, 0.3) is 5.91 Å². The Kier molecular flexibility index (Phi) is 4.78. The lowest BCUT2D eigenvalue weighted by atomic mass is 10.1. The lowest BCUT2D eigenvalue weighted by Gasteiger charge is -2.25. The average molecular weight is 401 g/mol. The number of amides is 2. The molecule has 144 valence electrons. The van der Waals surface area contributed by atoms with E-state index in [-0.39, 0.29) is 11.7 Å². The summed E-state index contributed by atoms with van der Waals surface area (Å²) in [6, 6.07) is 7.57. The lowest BCUT2D eigenvalue weighted by molar-refractivity contribution is 0.0730. The molecule has 1 aliphatic heterocycles. The first-order valence-electron chi connectivity index (χ1n) is 8.47. The summed E-state index contributed by atoms with van der Waals surface area (Å²) in [6.07, 6.45) is 0.0177. The Labute approximate surface area is 163 Å². The van der Waals surface area contributed by atoms with Crippen LogP contribution < -0.4 is 5.32 Å². The van der Waals surface area contributed by atoms with Gasteiger partial charge in [0.15, 0.2) is 5.13 Å². The minimum atomic E-state index is -0.579. The van der Waals surface area contributed by atoms with Crippen LogP contribution in [0.2, 0.25) is 0 Å². The van der Waals surface area contributed by atoms with Gasteiger partial charge in [-0.3, -0.25) is 15.2 Å². The number of carbonyl (C=O) groups excluding carboxylic acids is 2.